The van der Waals surface area contributed by atoms with Crippen molar-refractivity contribution in [3.05, 3.63) is 0 Å². The summed E-state index contributed by atoms with van der Waals surface area (Å²) in [5.41, 5.74) is -1.63. The Hall–Kier alpha value is -1.13. The molecule has 1 unspecified atom stereocenters. The van der Waals surface area contributed by atoms with Crippen LogP contribution in [-0.4, -0.2) is 29.7 Å². The van der Waals surface area contributed by atoms with Crippen LogP contribution in [0, 0.1) is 5.41 Å². The van der Waals surface area contributed by atoms with Crippen molar-refractivity contribution in [3.8, 4) is 0 Å². The van der Waals surface area contributed by atoms with E-state index >= 15 is 0 Å². The molecule has 1 atom stereocenters. The van der Waals surface area contributed by atoms with E-state index in [0.29, 0.717) is 0 Å². The van der Waals surface area contributed by atoms with Gasteiger partial charge in [-0.25, -0.2) is 0 Å². The first-order chi connectivity index (χ1) is 6.50. The molecule has 0 radical (unpaired) electrons. The number of carbonyl (C=O) groups excluding carboxylic acids is 1. The summed E-state index contributed by atoms with van der Waals surface area (Å²) >= 11 is 0. The monoisotopic (exact) mass is 203 g/mol. The van der Waals surface area contributed by atoms with Crippen LogP contribution in [0.2, 0.25) is 0 Å². The lowest BCUT2D eigenvalue weighted by Crippen LogP contribution is -2.45. The van der Waals surface area contributed by atoms with Gasteiger partial charge >= 0.3 is 5.97 Å². The topological polar surface area (TPSA) is 66.4 Å². The van der Waals surface area contributed by atoms with Gasteiger partial charge in [0.25, 0.3) is 0 Å². The second-order valence-electron chi connectivity index (χ2n) is 3.82. The molecule has 0 spiro atoms. The number of nitrogens with one attached hydrogen (secondary N) is 1. The van der Waals surface area contributed by atoms with Crippen molar-refractivity contribution in [1.29, 1.82) is 0 Å². The molecular weight excluding hydrogens is 189 g/mol. The molecule has 0 saturated heterocycles. The summed E-state index contributed by atoms with van der Waals surface area (Å²) in [5, 5.41) is 11.4. The average Bonchev–Trinajstić information content (AvgIpc) is 2.88. The SMILES string of the molecule is CC(CCF)(C(=O)O)C(=O)NC1CC1. The van der Waals surface area contributed by atoms with E-state index in [9.17, 15) is 14.0 Å². The van der Waals surface area contributed by atoms with E-state index in [1.54, 1.807) is 0 Å². The van der Waals surface area contributed by atoms with Crippen molar-refractivity contribution in [2.24, 2.45) is 5.41 Å². The largest absolute Gasteiger partial charge is 0.480 e. The number of hydrogen-bond acceptors (Lipinski definition) is 2. The van der Waals surface area contributed by atoms with Crippen LogP contribution in [0.1, 0.15) is 26.2 Å². The van der Waals surface area contributed by atoms with Gasteiger partial charge in [0.1, 0.15) is 5.41 Å². The van der Waals surface area contributed by atoms with Crippen molar-refractivity contribution in [2.75, 3.05) is 6.67 Å². The zero-order valence-electron chi connectivity index (χ0n) is 8.05. The van der Waals surface area contributed by atoms with Crippen molar-refractivity contribution in [1.82, 2.24) is 5.32 Å². The van der Waals surface area contributed by atoms with Crippen molar-refractivity contribution in [2.45, 2.75) is 32.2 Å². The normalized spacial score (nSPS) is 19.9. The minimum Gasteiger partial charge on any atom is -0.480 e. The number of amides is 1. The van der Waals surface area contributed by atoms with Gasteiger partial charge in [-0.1, -0.05) is 0 Å². The number of carboxylic acids is 1. The van der Waals surface area contributed by atoms with Crippen molar-refractivity contribution >= 4 is 11.9 Å². The van der Waals surface area contributed by atoms with E-state index in [-0.39, 0.29) is 12.5 Å². The Morgan fingerprint density at radius 2 is 2.14 bits per heavy atom. The Kier molecular flexibility index (Phi) is 3.08. The Labute approximate surface area is 81.5 Å². The maximum absolute atomic E-state index is 12.1. The molecule has 0 aromatic heterocycles. The first-order valence-electron chi connectivity index (χ1n) is 4.61. The first kappa shape index (κ1) is 10.9. The van der Waals surface area contributed by atoms with Gasteiger partial charge in [0, 0.05) is 12.5 Å². The standard InChI is InChI=1S/C9H14FNO3/c1-9(4-5-10,8(13)14)7(12)11-6-2-3-6/h6H,2-5H2,1H3,(H,11,12)(H,13,14). The fourth-order valence-corrected chi connectivity index (χ4v) is 1.08. The van der Waals surface area contributed by atoms with E-state index in [2.05, 4.69) is 5.32 Å². The highest BCUT2D eigenvalue weighted by molar-refractivity contribution is 6.01. The fraction of sp³-hybridized carbons (Fsp3) is 0.778. The average molecular weight is 203 g/mol. The molecule has 0 aromatic carbocycles. The summed E-state index contributed by atoms with van der Waals surface area (Å²) in [4.78, 5) is 22.3. The molecule has 1 aliphatic carbocycles. The summed E-state index contributed by atoms with van der Waals surface area (Å²) in [6, 6.07) is 0.0980. The predicted octanol–water partition coefficient (Wildman–Crippen LogP) is 0.716. The van der Waals surface area contributed by atoms with Gasteiger partial charge in [-0.15, -0.1) is 0 Å². The molecule has 5 heteroatoms. The number of carboxylic acid groups (broad SMARTS) is 1. The van der Waals surface area contributed by atoms with Crippen molar-refractivity contribution < 1.29 is 19.1 Å². The lowest BCUT2D eigenvalue weighted by molar-refractivity contribution is -0.155. The molecule has 1 fully saturated rings. The molecule has 0 aromatic rings. The second kappa shape index (κ2) is 3.94. The third-order valence-corrected chi connectivity index (χ3v) is 2.48. The number of hydrogen-bond donors (Lipinski definition) is 2. The number of carbonyl (C=O) groups is 2. The Bertz CT molecular complexity index is 252. The van der Waals surface area contributed by atoms with Crippen LogP contribution in [0.25, 0.3) is 0 Å². The predicted molar refractivity (Wildman–Crippen MR) is 47.5 cm³/mol. The van der Waals surface area contributed by atoms with Crippen LogP contribution >= 0.6 is 0 Å². The third kappa shape index (κ3) is 2.21. The highest BCUT2D eigenvalue weighted by atomic mass is 19.1. The van der Waals surface area contributed by atoms with Gasteiger partial charge in [-0.2, -0.15) is 0 Å². The van der Waals surface area contributed by atoms with Crippen LogP contribution < -0.4 is 5.32 Å². The minimum atomic E-state index is -1.63. The second-order valence-corrected chi connectivity index (χ2v) is 3.82. The molecule has 1 saturated carbocycles. The first-order valence-corrected chi connectivity index (χ1v) is 4.61. The van der Waals surface area contributed by atoms with Gasteiger partial charge in [-0.3, -0.25) is 14.0 Å². The van der Waals surface area contributed by atoms with E-state index in [1.165, 1.54) is 6.92 Å². The van der Waals surface area contributed by atoms with Crippen LogP contribution in [0.15, 0.2) is 0 Å². The van der Waals surface area contributed by atoms with Crippen LogP contribution in [0.3, 0.4) is 0 Å². The zero-order chi connectivity index (χ0) is 10.8. The Morgan fingerprint density at radius 1 is 1.57 bits per heavy atom. The van der Waals surface area contributed by atoms with E-state index in [0.717, 1.165) is 12.8 Å². The van der Waals surface area contributed by atoms with E-state index in [1.807, 2.05) is 0 Å². The zero-order valence-corrected chi connectivity index (χ0v) is 8.05. The van der Waals surface area contributed by atoms with Crippen LogP contribution in [0.5, 0.6) is 0 Å². The Balaban J connectivity index is 2.63. The molecule has 0 bridgehead atoms. The van der Waals surface area contributed by atoms with Gasteiger partial charge in [0.15, 0.2) is 0 Å². The number of rotatable bonds is 5. The molecular formula is C9H14FNO3. The minimum absolute atomic E-state index is 0.0980. The maximum Gasteiger partial charge on any atom is 0.319 e. The quantitative estimate of drug-likeness (QED) is 0.647. The summed E-state index contributed by atoms with van der Waals surface area (Å²) in [7, 11) is 0. The van der Waals surface area contributed by atoms with Crippen LogP contribution in [0.4, 0.5) is 4.39 Å². The van der Waals surface area contributed by atoms with Gasteiger partial charge < -0.3 is 10.4 Å². The molecule has 14 heavy (non-hydrogen) atoms. The molecule has 80 valence electrons. The number of alkyl halides is 1. The smallest absolute Gasteiger partial charge is 0.319 e. The number of halogens is 1. The number of aliphatic carboxylic acids is 1. The van der Waals surface area contributed by atoms with Gasteiger partial charge in [-0.05, 0) is 19.8 Å². The molecule has 4 nitrogen and oxygen atoms in total. The summed E-state index contributed by atoms with van der Waals surface area (Å²) < 4.78 is 12.1. The third-order valence-electron chi connectivity index (χ3n) is 2.48. The van der Waals surface area contributed by atoms with E-state index in [4.69, 9.17) is 5.11 Å². The molecule has 0 heterocycles. The lowest BCUT2D eigenvalue weighted by Gasteiger charge is -2.22. The Morgan fingerprint density at radius 3 is 2.50 bits per heavy atom. The summed E-state index contributed by atoms with van der Waals surface area (Å²) in [6.07, 6.45) is 1.50. The van der Waals surface area contributed by atoms with Crippen LogP contribution in [-0.2, 0) is 9.59 Å². The van der Waals surface area contributed by atoms with E-state index < -0.39 is 24.0 Å². The highest BCUT2D eigenvalue weighted by Gasteiger charge is 2.42. The van der Waals surface area contributed by atoms with Gasteiger partial charge in [0.05, 0.1) is 6.67 Å². The fourth-order valence-electron chi connectivity index (χ4n) is 1.08. The maximum atomic E-state index is 12.1. The summed E-state index contributed by atoms with van der Waals surface area (Å²) in [5.74, 6) is -1.85. The molecule has 0 aliphatic heterocycles. The molecule has 1 rings (SSSR count). The highest BCUT2D eigenvalue weighted by Crippen LogP contribution is 2.26. The molecule has 2 N–H and O–H groups in total. The van der Waals surface area contributed by atoms with Gasteiger partial charge in [0.2, 0.25) is 5.91 Å². The van der Waals surface area contributed by atoms with Crippen molar-refractivity contribution in [3.63, 3.8) is 0 Å². The lowest BCUT2D eigenvalue weighted by atomic mass is 9.86. The summed E-state index contributed by atoms with van der Waals surface area (Å²) in [6.45, 7) is 0.452. The molecule has 1 aliphatic rings. The molecule has 1 amide bonds.